The van der Waals surface area contributed by atoms with Crippen LogP contribution < -0.4 is 14.8 Å². The van der Waals surface area contributed by atoms with Crippen molar-refractivity contribution in [3.63, 3.8) is 0 Å². The van der Waals surface area contributed by atoms with Gasteiger partial charge in [0.2, 0.25) is 0 Å². The number of amides is 2. The molecular formula is C26H32N2O5. The van der Waals surface area contributed by atoms with Crippen LogP contribution in [0.15, 0.2) is 59.8 Å². The van der Waals surface area contributed by atoms with Crippen LogP contribution in [0.3, 0.4) is 0 Å². The summed E-state index contributed by atoms with van der Waals surface area (Å²) in [6.45, 7) is 8.37. The number of nitrogens with zero attached hydrogens (tertiary/aromatic N) is 1. The van der Waals surface area contributed by atoms with Crippen LogP contribution >= 0.6 is 0 Å². The zero-order chi connectivity index (χ0) is 24.2. The molecule has 1 atom stereocenters. The van der Waals surface area contributed by atoms with Crippen molar-refractivity contribution in [1.29, 1.82) is 0 Å². The Kier molecular flexibility index (Phi) is 7.31. The zero-order valence-electron chi connectivity index (χ0n) is 20.1. The topological polar surface area (TPSA) is 77.1 Å². The molecule has 0 unspecified atom stereocenters. The van der Waals surface area contributed by atoms with Gasteiger partial charge in [-0.3, -0.25) is 4.90 Å². The SMILES string of the molecule is CCOC(=O)C1=C(COc2ccccc2OC)N(C)C(=O)N[C@H]1c1ccc(C(C)(C)C)cc1. The van der Waals surface area contributed by atoms with Gasteiger partial charge in [0.05, 0.1) is 31.0 Å². The first kappa shape index (κ1) is 24.2. The molecule has 0 aromatic heterocycles. The fourth-order valence-electron chi connectivity index (χ4n) is 3.69. The van der Waals surface area contributed by atoms with Crippen LogP contribution in [0.1, 0.15) is 44.9 Å². The molecule has 2 aromatic rings. The van der Waals surface area contributed by atoms with Crippen molar-refractivity contribution in [1.82, 2.24) is 10.2 Å². The minimum atomic E-state index is -0.655. The van der Waals surface area contributed by atoms with E-state index in [1.165, 1.54) is 4.90 Å². The predicted molar refractivity (Wildman–Crippen MR) is 126 cm³/mol. The van der Waals surface area contributed by atoms with E-state index in [4.69, 9.17) is 14.2 Å². The summed E-state index contributed by atoms with van der Waals surface area (Å²) < 4.78 is 16.7. The van der Waals surface area contributed by atoms with Gasteiger partial charge in [-0.2, -0.15) is 0 Å². The Balaban J connectivity index is 2.04. The number of hydrogen-bond acceptors (Lipinski definition) is 5. The molecule has 0 fully saturated rings. The van der Waals surface area contributed by atoms with Gasteiger partial charge in [-0.25, -0.2) is 9.59 Å². The lowest BCUT2D eigenvalue weighted by Crippen LogP contribution is -2.48. The van der Waals surface area contributed by atoms with Crippen molar-refractivity contribution in [3.8, 4) is 11.5 Å². The number of nitrogens with one attached hydrogen (secondary N) is 1. The standard InChI is InChI=1S/C26H32N2O5/c1-7-32-24(29)22-19(16-33-21-11-9-8-10-20(21)31-6)28(5)25(30)27-23(22)17-12-14-18(15-13-17)26(2,3)4/h8-15,23H,7,16H2,1-6H3,(H,27,30)/t23-/m0/s1. The molecule has 7 nitrogen and oxygen atoms in total. The number of carbonyl (C=O) groups is 2. The maximum absolute atomic E-state index is 13.1. The van der Waals surface area contributed by atoms with E-state index < -0.39 is 12.0 Å². The zero-order valence-corrected chi connectivity index (χ0v) is 20.1. The quantitative estimate of drug-likeness (QED) is 0.622. The molecule has 1 aliphatic heterocycles. The second-order valence-corrected chi connectivity index (χ2v) is 8.83. The van der Waals surface area contributed by atoms with Gasteiger partial charge in [-0.1, -0.05) is 57.2 Å². The molecule has 0 saturated carbocycles. The maximum atomic E-state index is 13.1. The predicted octanol–water partition coefficient (Wildman–Crippen LogP) is 4.59. The third kappa shape index (κ3) is 5.30. The van der Waals surface area contributed by atoms with Crippen molar-refractivity contribution >= 4 is 12.0 Å². The summed E-state index contributed by atoms with van der Waals surface area (Å²) in [7, 11) is 3.16. The highest BCUT2D eigenvalue weighted by molar-refractivity contribution is 5.95. The molecule has 0 bridgehead atoms. The number of rotatable bonds is 7. The summed E-state index contributed by atoms with van der Waals surface area (Å²) in [6.07, 6.45) is 0. The Labute approximate surface area is 195 Å². The minimum Gasteiger partial charge on any atom is -0.493 e. The summed E-state index contributed by atoms with van der Waals surface area (Å²) in [5.41, 5.74) is 2.72. The Morgan fingerprint density at radius 2 is 1.70 bits per heavy atom. The molecule has 33 heavy (non-hydrogen) atoms. The smallest absolute Gasteiger partial charge is 0.338 e. The number of hydrogen-bond donors (Lipinski definition) is 1. The molecule has 0 radical (unpaired) electrons. The van der Waals surface area contributed by atoms with E-state index in [2.05, 4.69) is 26.1 Å². The molecule has 2 aromatic carbocycles. The van der Waals surface area contributed by atoms with Gasteiger partial charge in [0.1, 0.15) is 6.61 Å². The minimum absolute atomic E-state index is 0.00494. The van der Waals surface area contributed by atoms with E-state index >= 15 is 0 Å². The number of carbonyl (C=O) groups excluding carboxylic acids is 2. The number of ether oxygens (including phenoxy) is 3. The van der Waals surface area contributed by atoms with Gasteiger partial charge < -0.3 is 19.5 Å². The average Bonchev–Trinajstić information content (AvgIpc) is 2.79. The third-order valence-electron chi connectivity index (χ3n) is 5.62. The average molecular weight is 453 g/mol. The number of methoxy groups -OCH3 is 1. The first-order chi connectivity index (χ1) is 15.7. The van der Waals surface area contributed by atoms with Crippen LogP contribution in [0, 0.1) is 0 Å². The molecule has 1 N–H and O–H groups in total. The van der Waals surface area contributed by atoms with E-state index in [-0.39, 0.29) is 24.7 Å². The molecule has 0 aliphatic carbocycles. The summed E-state index contributed by atoms with van der Waals surface area (Å²) in [6, 6.07) is 14.2. The highest BCUT2D eigenvalue weighted by Gasteiger charge is 2.37. The molecule has 0 saturated heterocycles. The van der Waals surface area contributed by atoms with E-state index in [0.29, 0.717) is 22.8 Å². The van der Waals surface area contributed by atoms with Gasteiger partial charge >= 0.3 is 12.0 Å². The lowest BCUT2D eigenvalue weighted by Gasteiger charge is -2.34. The van der Waals surface area contributed by atoms with E-state index in [9.17, 15) is 9.59 Å². The first-order valence-corrected chi connectivity index (χ1v) is 11.0. The summed E-state index contributed by atoms with van der Waals surface area (Å²) in [5.74, 6) is 0.585. The van der Waals surface area contributed by atoms with Crippen LogP contribution in [0.25, 0.3) is 0 Å². The molecule has 3 rings (SSSR count). The van der Waals surface area contributed by atoms with Gasteiger partial charge in [0, 0.05) is 7.05 Å². The van der Waals surface area contributed by atoms with Gasteiger partial charge in [-0.15, -0.1) is 0 Å². The Morgan fingerprint density at radius 1 is 1.06 bits per heavy atom. The molecule has 2 amide bonds. The summed E-state index contributed by atoms with van der Waals surface area (Å²) in [4.78, 5) is 27.3. The first-order valence-electron chi connectivity index (χ1n) is 11.0. The van der Waals surface area contributed by atoms with Crippen molar-refractivity contribution < 1.29 is 23.8 Å². The number of para-hydroxylation sites is 2. The van der Waals surface area contributed by atoms with Gasteiger partial charge in [-0.05, 0) is 35.6 Å². The van der Waals surface area contributed by atoms with Crippen LogP contribution in [-0.2, 0) is 14.9 Å². The molecule has 1 heterocycles. The monoisotopic (exact) mass is 452 g/mol. The molecule has 7 heteroatoms. The summed E-state index contributed by atoms with van der Waals surface area (Å²) >= 11 is 0. The number of urea groups is 1. The highest BCUT2D eigenvalue weighted by atomic mass is 16.5. The number of esters is 1. The normalized spacial score (nSPS) is 16.4. The van der Waals surface area contributed by atoms with Crippen molar-refractivity contribution in [2.45, 2.75) is 39.2 Å². The number of likely N-dealkylation sites (N-methyl/N-ethyl adjacent to an activating group) is 1. The summed E-state index contributed by atoms with van der Waals surface area (Å²) in [5, 5.41) is 2.93. The van der Waals surface area contributed by atoms with Crippen LogP contribution in [-0.4, -0.2) is 44.3 Å². The lowest BCUT2D eigenvalue weighted by atomic mass is 9.85. The fraction of sp³-hybridized carbons (Fsp3) is 0.385. The van der Waals surface area contributed by atoms with Crippen molar-refractivity contribution in [3.05, 3.63) is 70.9 Å². The second kappa shape index (κ2) is 9.98. The Bertz CT molecular complexity index is 1040. The second-order valence-electron chi connectivity index (χ2n) is 8.83. The van der Waals surface area contributed by atoms with E-state index in [1.807, 2.05) is 36.4 Å². The fourth-order valence-corrected chi connectivity index (χ4v) is 3.69. The van der Waals surface area contributed by atoms with E-state index in [1.54, 1.807) is 33.2 Å². The molecule has 176 valence electrons. The molecule has 1 aliphatic rings. The molecule has 0 spiro atoms. The van der Waals surface area contributed by atoms with Crippen molar-refractivity contribution in [2.24, 2.45) is 0 Å². The van der Waals surface area contributed by atoms with Crippen molar-refractivity contribution in [2.75, 3.05) is 27.4 Å². The number of benzene rings is 2. The third-order valence-corrected chi connectivity index (χ3v) is 5.62. The lowest BCUT2D eigenvalue weighted by molar-refractivity contribution is -0.139. The molecular weight excluding hydrogens is 420 g/mol. The van der Waals surface area contributed by atoms with Gasteiger partial charge in [0.25, 0.3) is 0 Å². The largest absolute Gasteiger partial charge is 0.493 e. The van der Waals surface area contributed by atoms with Gasteiger partial charge in [0.15, 0.2) is 11.5 Å². The Hall–Kier alpha value is -3.48. The Morgan fingerprint density at radius 3 is 2.27 bits per heavy atom. The van der Waals surface area contributed by atoms with E-state index in [0.717, 1.165) is 11.1 Å². The van der Waals surface area contributed by atoms with Crippen LogP contribution in [0.4, 0.5) is 4.79 Å². The highest BCUT2D eigenvalue weighted by Crippen LogP contribution is 2.34. The van der Waals surface area contributed by atoms with Crippen LogP contribution in [0.5, 0.6) is 11.5 Å². The van der Waals surface area contributed by atoms with Crippen LogP contribution in [0.2, 0.25) is 0 Å². The maximum Gasteiger partial charge on any atom is 0.338 e.